The Balaban J connectivity index is 2.77. The number of pyridine rings is 1. The molecule has 1 amide bonds. The summed E-state index contributed by atoms with van der Waals surface area (Å²) in [6.07, 6.45) is 1.59. The Hall–Kier alpha value is -1.62. The third-order valence-corrected chi connectivity index (χ3v) is 2.22. The van der Waals surface area contributed by atoms with Crippen molar-refractivity contribution in [1.82, 2.24) is 10.3 Å². The monoisotopic (exact) mass is 252 g/mol. The van der Waals surface area contributed by atoms with Gasteiger partial charge in [-0.2, -0.15) is 0 Å². The maximum absolute atomic E-state index is 11.9. The topological polar surface area (TPSA) is 71.5 Å². The summed E-state index contributed by atoms with van der Waals surface area (Å²) >= 11 is 0. The Bertz CT molecular complexity index is 394. The zero-order valence-electron chi connectivity index (χ0n) is 11.0. The van der Waals surface area contributed by atoms with Crippen LogP contribution in [0.4, 0.5) is 0 Å². The van der Waals surface area contributed by atoms with E-state index in [1.54, 1.807) is 25.3 Å². The van der Waals surface area contributed by atoms with Gasteiger partial charge >= 0.3 is 0 Å². The molecule has 100 valence electrons. The number of aromatic nitrogens is 1. The Morgan fingerprint density at radius 1 is 1.50 bits per heavy atom. The van der Waals surface area contributed by atoms with Crippen molar-refractivity contribution in [3.63, 3.8) is 0 Å². The lowest BCUT2D eigenvalue weighted by atomic mass is 10.2. The minimum atomic E-state index is -0.296. The first-order chi connectivity index (χ1) is 8.54. The molecule has 0 fully saturated rings. The molecule has 0 aliphatic carbocycles. The molecule has 1 atom stereocenters. The number of nitrogens with one attached hydrogen (secondary N) is 1. The highest BCUT2D eigenvalue weighted by Gasteiger charge is 2.15. The molecule has 5 heteroatoms. The fourth-order valence-corrected chi connectivity index (χ4v) is 1.27. The molecule has 0 bridgehead atoms. The highest BCUT2D eigenvalue weighted by atomic mass is 16.5. The number of carbonyl (C=O) groups is 1. The van der Waals surface area contributed by atoms with Crippen LogP contribution in [0, 0.1) is 5.92 Å². The van der Waals surface area contributed by atoms with Gasteiger partial charge in [-0.3, -0.25) is 4.79 Å². The molecule has 0 saturated carbocycles. The molecular weight excluding hydrogens is 232 g/mol. The summed E-state index contributed by atoms with van der Waals surface area (Å²) in [5, 5.41) is 11.6. The number of aliphatic hydroxyl groups excluding tert-OH is 1. The van der Waals surface area contributed by atoms with Crippen LogP contribution in [-0.4, -0.2) is 35.3 Å². The molecule has 0 aliphatic rings. The first-order valence-corrected chi connectivity index (χ1v) is 6.04. The van der Waals surface area contributed by atoms with Gasteiger partial charge in [0.25, 0.3) is 5.91 Å². The van der Waals surface area contributed by atoms with E-state index in [9.17, 15) is 4.79 Å². The van der Waals surface area contributed by atoms with Gasteiger partial charge in [-0.1, -0.05) is 13.8 Å². The second-order valence-corrected chi connectivity index (χ2v) is 4.62. The van der Waals surface area contributed by atoms with Crippen LogP contribution in [0.25, 0.3) is 0 Å². The first kappa shape index (κ1) is 14.4. The number of aliphatic hydroxyl groups is 1. The van der Waals surface area contributed by atoms with E-state index in [1.165, 1.54) is 0 Å². The largest absolute Gasteiger partial charge is 0.477 e. The number of ether oxygens (including phenoxy) is 1. The molecule has 2 N–H and O–H groups in total. The average molecular weight is 252 g/mol. The van der Waals surface area contributed by atoms with Crippen LogP contribution in [-0.2, 0) is 0 Å². The molecule has 0 aromatic carbocycles. The van der Waals surface area contributed by atoms with Gasteiger partial charge in [0.2, 0.25) is 5.88 Å². The smallest absolute Gasteiger partial charge is 0.257 e. The number of carbonyl (C=O) groups excluding carboxylic acids is 1. The van der Waals surface area contributed by atoms with Crippen molar-refractivity contribution in [3.05, 3.63) is 23.9 Å². The van der Waals surface area contributed by atoms with Gasteiger partial charge in [-0.25, -0.2) is 4.98 Å². The van der Waals surface area contributed by atoms with Crippen LogP contribution in [0.2, 0.25) is 0 Å². The summed E-state index contributed by atoms with van der Waals surface area (Å²) in [5.74, 6) is 0.400. The van der Waals surface area contributed by atoms with Crippen molar-refractivity contribution in [2.75, 3.05) is 13.2 Å². The van der Waals surface area contributed by atoms with Crippen LogP contribution >= 0.6 is 0 Å². The van der Waals surface area contributed by atoms with Crippen molar-refractivity contribution in [3.8, 4) is 5.88 Å². The minimum Gasteiger partial charge on any atom is -0.477 e. The molecule has 1 aromatic heterocycles. The van der Waals surface area contributed by atoms with Gasteiger partial charge in [0.1, 0.15) is 5.56 Å². The molecule has 0 aliphatic heterocycles. The molecule has 1 rings (SSSR count). The summed E-state index contributed by atoms with van der Waals surface area (Å²) < 4.78 is 5.50. The van der Waals surface area contributed by atoms with Crippen LogP contribution in [0.3, 0.4) is 0 Å². The third kappa shape index (κ3) is 4.33. The molecule has 1 unspecified atom stereocenters. The van der Waals surface area contributed by atoms with Gasteiger partial charge in [0, 0.05) is 12.2 Å². The molecule has 18 heavy (non-hydrogen) atoms. The summed E-state index contributed by atoms with van der Waals surface area (Å²) in [4.78, 5) is 16.0. The van der Waals surface area contributed by atoms with E-state index in [0.29, 0.717) is 24.0 Å². The van der Waals surface area contributed by atoms with Crippen molar-refractivity contribution >= 4 is 5.91 Å². The zero-order valence-corrected chi connectivity index (χ0v) is 11.0. The molecule has 1 aromatic rings. The second kappa shape index (κ2) is 6.96. The standard InChI is InChI=1S/C13H20N2O3/c1-9(2)8-18-13-11(5-4-6-14-13)12(17)15-10(3)7-16/h4-6,9-10,16H,7-8H2,1-3H3,(H,15,17). The molecule has 0 saturated heterocycles. The van der Waals surface area contributed by atoms with Crippen molar-refractivity contribution in [2.45, 2.75) is 26.8 Å². The van der Waals surface area contributed by atoms with E-state index in [2.05, 4.69) is 10.3 Å². The summed E-state index contributed by atoms with van der Waals surface area (Å²) in [5.41, 5.74) is 0.387. The lowest BCUT2D eigenvalue weighted by Gasteiger charge is -2.14. The van der Waals surface area contributed by atoms with Gasteiger partial charge in [-0.05, 0) is 25.0 Å². The van der Waals surface area contributed by atoms with Crippen LogP contribution in [0.15, 0.2) is 18.3 Å². The van der Waals surface area contributed by atoms with E-state index >= 15 is 0 Å². The highest BCUT2D eigenvalue weighted by Crippen LogP contribution is 2.15. The van der Waals surface area contributed by atoms with Crippen molar-refractivity contribution in [2.24, 2.45) is 5.92 Å². The van der Waals surface area contributed by atoms with E-state index in [1.807, 2.05) is 13.8 Å². The van der Waals surface area contributed by atoms with E-state index < -0.39 is 0 Å². The van der Waals surface area contributed by atoms with Crippen LogP contribution < -0.4 is 10.1 Å². The van der Waals surface area contributed by atoms with Gasteiger partial charge < -0.3 is 15.2 Å². The fourth-order valence-electron chi connectivity index (χ4n) is 1.27. The SMILES string of the molecule is CC(C)COc1ncccc1C(=O)NC(C)CO. The normalized spacial score (nSPS) is 12.3. The Morgan fingerprint density at radius 2 is 2.22 bits per heavy atom. The Morgan fingerprint density at radius 3 is 2.83 bits per heavy atom. The Labute approximate surface area is 107 Å². The third-order valence-electron chi connectivity index (χ3n) is 2.22. The van der Waals surface area contributed by atoms with E-state index in [4.69, 9.17) is 9.84 Å². The van der Waals surface area contributed by atoms with E-state index in [0.717, 1.165) is 0 Å². The molecule has 0 spiro atoms. The minimum absolute atomic E-state index is 0.103. The maximum Gasteiger partial charge on any atom is 0.257 e. The Kier molecular flexibility index (Phi) is 5.58. The number of rotatable bonds is 6. The van der Waals surface area contributed by atoms with Crippen LogP contribution in [0.5, 0.6) is 5.88 Å². The zero-order chi connectivity index (χ0) is 13.5. The molecular formula is C13H20N2O3. The van der Waals surface area contributed by atoms with Crippen molar-refractivity contribution in [1.29, 1.82) is 0 Å². The summed E-state index contributed by atoms with van der Waals surface area (Å²) in [7, 11) is 0. The van der Waals surface area contributed by atoms with Crippen molar-refractivity contribution < 1.29 is 14.6 Å². The predicted octanol–water partition coefficient (Wildman–Crippen LogP) is 1.23. The molecule has 1 heterocycles. The summed E-state index contributed by atoms with van der Waals surface area (Å²) in [6, 6.07) is 3.04. The number of nitrogens with zero attached hydrogens (tertiary/aromatic N) is 1. The average Bonchev–Trinajstić information content (AvgIpc) is 2.36. The van der Waals surface area contributed by atoms with Crippen LogP contribution in [0.1, 0.15) is 31.1 Å². The lowest BCUT2D eigenvalue weighted by Crippen LogP contribution is -2.35. The summed E-state index contributed by atoms with van der Waals surface area (Å²) in [6.45, 7) is 6.18. The molecule has 0 radical (unpaired) electrons. The number of hydrogen-bond acceptors (Lipinski definition) is 4. The highest BCUT2D eigenvalue weighted by molar-refractivity contribution is 5.96. The number of amides is 1. The predicted molar refractivity (Wildman–Crippen MR) is 68.6 cm³/mol. The van der Waals surface area contributed by atoms with E-state index in [-0.39, 0.29) is 18.6 Å². The number of hydrogen-bond donors (Lipinski definition) is 2. The maximum atomic E-state index is 11.9. The first-order valence-electron chi connectivity index (χ1n) is 6.04. The van der Waals surface area contributed by atoms with Gasteiger partial charge in [0.15, 0.2) is 0 Å². The quantitative estimate of drug-likeness (QED) is 0.798. The lowest BCUT2D eigenvalue weighted by molar-refractivity contribution is 0.0916. The molecule has 5 nitrogen and oxygen atoms in total. The van der Waals surface area contributed by atoms with Gasteiger partial charge in [-0.15, -0.1) is 0 Å². The second-order valence-electron chi connectivity index (χ2n) is 4.62. The van der Waals surface area contributed by atoms with Gasteiger partial charge in [0.05, 0.1) is 13.2 Å². The fraction of sp³-hybridized carbons (Fsp3) is 0.538.